The van der Waals surface area contributed by atoms with E-state index in [0.29, 0.717) is 0 Å². The minimum Gasteiger partial charge on any atom is -0.252 e. The van der Waals surface area contributed by atoms with Crippen LogP contribution in [0.25, 0.3) is 0 Å². The van der Waals surface area contributed by atoms with E-state index in [1.165, 1.54) is 210 Å². The third kappa shape index (κ3) is 32.6. The van der Waals surface area contributed by atoms with Crippen LogP contribution in [0.5, 0.6) is 0 Å². The number of rotatable bonds is 38. The molecule has 0 heterocycles. The Morgan fingerprint density at radius 1 is 0.475 bits per heavy atom. The molecule has 0 aliphatic rings. The third-order valence-corrected chi connectivity index (χ3v) is 13.7. The van der Waals surface area contributed by atoms with E-state index in [4.69, 9.17) is 9.98 Å². The monoisotopic (exact) mass is 869 g/mol. The molecule has 0 aliphatic carbocycles. The summed E-state index contributed by atoms with van der Waals surface area (Å²) in [5.74, 6) is 0. The molecule has 2 aromatic rings. The van der Waals surface area contributed by atoms with Crippen molar-refractivity contribution in [3.63, 3.8) is 0 Å². The average molecular weight is 870 g/mol. The molecule has 338 valence electrons. The molecule has 2 nitrogen and oxygen atoms in total. The number of aliphatic imine (C=N–C) groups is 2. The minimum atomic E-state index is -1.09. The summed E-state index contributed by atoms with van der Waals surface area (Å²) < 4.78 is 0. The van der Waals surface area contributed by atoms with E-state index in [9.17, 15) is 0 Å². The van der Waals surface area contributed by atoms with Gasteiger partial charge in [-0.2, -0.15) is 0 Å². The number of aryl methyl sites for hydroxylation is 2. The summed E-state index contributed by atoms with van der Waals surface area (Å²) in [6.07, 6.45) is 48.8. The van der Waals surface area contributed by atoms with Gasteiger partial charge in [0.15, 0.2) is 0 Å². The van der Waals surface area contributed by atoms with Crippen molar-refractivity contribution in [3.8, 4) is 0 Å². The van der Waals surface area contributed by atoms with E-state index in [1.54, 1.807) is 0 Å². The van der Waals surface area contributed by atoms with Gasteiger partial charge in [0.05, 0.1) is 22.8 Å². The number of hydrogen-bond acceptors (Lipinski definition) is 2. The second-order valence-corrected chi connectivity index (χ2v) is 24.7. The summed E-state index contributed by atoms with van der Waals surface area (Å²) in [4.78, 5) is 10.3. The summed E-state index contributed by atoms with van der Waals surface area (Å²) in [5, 5.41) is 0. The van der Waals surface area contributed by atoms with Crippen molar-refractivity contribution in [2.24, 2.45) is 9.98 Å². The second kappa shape index (κ2) is 37.9. The van der Waals surface area contributed by atoms with Crippen LogP contribution >= 0.6 is 0 Å². The molecule has 0 saturated heterocycles. The summed E-state index contributed by atoms with van der Waals surface area (Å²) in [6.45, 7) is 14.1. The third-order valence-electron chi connectivity index (χ3n) is 12.0. The molecule has 0 N–H and O–H groups in total. The molecule has 0 spiro atoms. The van der Waals surface area contributed by atoms with Gasteiger partial charge < -0.3 is 0 Å². The molecule has 0 saturated carbocycles. The first-order valence-electron chi connectivity index (χ1n) is 25.3. The Morgan fingerprint density at radius 3 is 1.37 bits per heavy atom. The van der Waals surface area contributed by atoms with Gasteiger partial charge in [0.25, 0.3) is 0 Å². The second-order valence-electron chi connectivity index (χ2n) is 19.1. The Morgan fingerprint density at radius 2 is 0.915 bits per heavy atom. The van der Waals surface area contributed by atoms with Crippen LogP contribution in [-0.4, -0.2) is 19.5 Å². The van der Waals surface area contributed by atoms with E-state index in [-0.39, 0.29) is 16.5 Å². The maximum absolute atomic E-state index is 5.17. The molecular weight excluding hydrogens is 775 g/mol. The fourth-order valence-corrected chi connectivity index (χ4v) is 9.06. The largest absolute Gasteiger partial charge is 0.252 e. The smallest absolute Gasteiger partial charge is 0.0845 e. The molecule has 2 aromatic carbocycles. The van der Waals surface area contributed by atoms with Gasteiger partial charge in [0, 0.05) is 24.6 Å². The molecule has 0 amide bonds. The van der Waals surface area contributed by atoms with E-state index < -0.39 is 8.07 Å². The number of allylic oxidation sites excluding steroid dienone is 2. The first kappa shape index (κ1) is 55.2. The Hall–Kier alpha value is -1.77. The van der Waals surface area contributed by atoms with Gasteiger partial charge in [0.1, 0.15) is 0 Å². The number of nitrogens with zero attached hydrogens (tertiary/aromatic N) is 2. The van der Waals surface area contributed by atoms with Crippen LogP contribution in [0.3, 0.4) is 0 Å². The maximum Gasteiger partial charge on any atom is 0.0845 e. The minimum absolute atomic E-state index is 0. The van der Waals surface area contributed by atoms with E-state index in [2.05, 4.69) is 101 Å². The zero-order valence-electron chi connectivity index (χ0n) is 39.8. The van der Waals surface area contributed by atoms with Crippen molar-refractivity contribution >= 4 is 30.9 Å². The van der Waals surface area contributed by atoms with Gasteiger partial charge in [-0.1, -0.05) is 243 Å². The van der Waals surface area contributed by atoms with Crippen LogP contribution in [0.4, 0.5) is 11.4 Å². The standard InChI is InChI=1S/C55H94N2Si.Ni/c1-7-9-11-13-15-17-19-20-21-22-23-24-25-26-27-29-31-33-35-37-42-55(50(3)56-54-41-38-40-52(49-54)47-48-58(4,5)6)57-53-45-43-51(44-46-53)39-36-34-32-30-28-18-16-14-12-10-8-2;/h37-38,40-46,49H,7-36,39,47-48H2,1-6H3;. The Labute approximate surface area is 379 Å². The van der Waals surface area contributed by atoms with Crippen LogP contribution in [0.15, 0.2) is 70.7 Å². The van der Waals surface area contributed by atoms with Crippen LogP contribution < -0.4 is 0 Å². The number of benzene rings is 2. The molecule has 0 unspecified atom stereocenters. The van der Waals surface area contributed by atoms with Gasteiger partial charge in [-0.25, -0.2) is 4.99 Å². The topological polar surface area (TPSA) is 24.7 Å². The molecule has 0 radical (unpaired) electrons. The number of hydrogen-bond donors (Lipinski definition) is 0. The van der Waals surface area contributed by atoms with Crippen molar-refractivity contribution < 1.29 is 16.5 Å². The summed E-state index contributed by atoms with van der Waals surface area (Å²) in [5.41, 5.74) is 6.86. The van der Waals surface area contributed by atoms with E-state index >= 15 is 0 Å². The quantitative estimate of drug-likeness (QED) is 0.0365. The average Bonchev–Trinajstić information content (AvgIpc) is 3.21. The van der Waals surface area contributed by atoms with E-state index in [1.807, 2.05) is 0 Å². The summed E-state index contributed by atoms with van der Waals surface area (Å²) >= 11 is 0. The zero-order valence-corrected chi connectivity index (χ0v) is 41.8. The van der Waals surface area contributed by atoms with Gasteiger partial charge in [-0.05, 0) is 80.5 Å². The predicted octanol–water partition coefficient (Wildman–Crippen LogP) is 19.3. The molecule has 0 aliphatic heterocycles. The molecule has 0 atom stereocenters. The van der Waals surface area contributed by atoms with E-state index in [0.717, 1.165) is 35.6 Å². The van der Waals surface area contributed by atoms with Crippen molar-refractivity contribution in [1.82, 2.24) is 0 Å². The fraction of sp³-hybridized carbons (Fsp3) is 0.709. The predicted molar refractivity (Wildman–Crippen MR) is 267 cm³/mol. The van der Waals surface area contributed by atoms with Gasteiger partial charge in [-0.3, -0.25) is 4.99 Å². The first-order chi connectivity index (χ1) is 28.3. The maximum atomic E-state index is 5.17. The van der Waals surface area contributed by atoms with Crippen LogP contribution in [0.1, 0.15) is 225 Å². The molecular formula is C55H94N2NiSi. The van der Waals surface area contributed by atoms with Crippen molar-refractivity contribution in [1.29, 1.82) is 0 Å². The summed E-state index contributed by atoms with van der Waals surface area (Å²) in [6, 6.07) is 19.2. The van der Waals surface area contributed by atoms with Crippen molar-refractivity contribution in [2.75, 3.05) is 0 Å². The fourth-order valence-electron chi connectivity index (χ4n) is 8.02. The normalized spacial score (nSPS) is 12.4. The van der Waals surface area contributed by atoms with Crippen LogP contribution in [0.2, 0.25) is 25.7 Å². The van der Waals surface area contributed by atoms with Crippen LogP contribution in [-0.2, 0) is 29.3 Å². The molecule has 4 heteroatoms. The van der Waals surface area contributed by atoms with Gasteiger partial charge >= 0.3 is 0 Å². The Bertz CT molecular complexity index is 1340. The molecule has 0 fully saturated rings. The molecule has 59 heavy (non-hydrogen) atoms. The van der Waals surface area contributed by atoms with Crippen LogP contribution in [0, 0.1) is 0 Å². The first-order valence-corrected chi connectivity index (χ1v) is 29.0. The Balaban J connectivity index is 0.0000174. The molecule has 0 aromatic heterocycles. The number of unbranched alkanes of at least 4 members (excludes halogenated alkanes) is 28. The molecule has 0 bridgehead atoms. The summed E-state index contributed by atoms with van der Waals surface area (Å²) in [7, 11) is -1.09. The SMILES string of the molecule is CCCCCCCCCCCCCCCCCCCCC=CC(=Nc1ccc(CCCCCCCCCCCCC)cc1)C(C)=Nc1cccc(CC[Si](C)(C)C)c1.[Ni]. The van der Waals surface area contributed by atoms with Gasteiger partial charge in [-0.15, -0.1) is 0 Å². The van der Waals surface area contributed by atoms with Crippen molar-refractivity contribution in [3.05, 3.63) is 71.8 Å². The zero-order chi connectivity index (χ0) is 41.8. The van der Waals surface area contributed by atoms with Crippen molar-refractivity contribution in [2.45, 2.75) is 252 Å². The Kier molecular flexibility index (Phi) is 35.5. The molecule has 2 rings (SSSR count). The van der Waals surface area contributed by atoms with Gasteiger partial charge in [0.2, 0.25) is 0 Å².